The Morgan fingerprint density at radius 3 is 2.86 bits per heavy atom. The fourth-order valence-corrected chi connectivity index (χ4v) is 3.36. The van der Waals surface area contributed by atoms with Crippen LogP contribution in [0.2, 0.25) is 0 Å². The first-order valence-electron chi connectivity index (χ1n) is 9.01. The van der Waals surface area contributed by atoms with Crippen molar-refractivity contribution in [3.8, 4) is 23.0 Å². The lowest BCUT2D eigenvalue weighted by Gasteiger charge is -1.98. The van der Waals surface area contributed by atoms with Crippen molar-refractivity contribution < 1.29 is 28.2 Å². The molecule has 1 N–H and O–H groups in total. The second-order valence-corrected chi connectivity index (χ2v) is 7.31. The average Bonchev–Trinajstić information content (AvgIpc) is 3.41. The molecule has 0 saturated carbocycles. The van der Waals surface area contributed by atoms with Gasteiger partial charge in [-0.3, -0.25) is 4.79 Å². The second-order valence-electron chi connectivity index (χ2n) is 6.42. The van der Waals surface area contributed by atoms with E-state index in [1.54, 1.807) is 5.41 Å². The van der Waals surface area contributed by atoms with Crippen LogP contribution in [0.3, 0.4) is 0 Å². The molecule has 0 radical (unpaired) electrons. The van der Waals surface area contributed by atoms with E-state index in [1.807, 2.05) is 43.3 Å². The van der Waals surface area contributed by atoms with Crippen LogP contribution in [-0.2, 0) is 17.6 Å². The van der Waals surface area contributed by atoms with Gasteiger partial charge < -0.3 is 23.4 Å². The molecule has 0 atom stereocenters. The van der Waals surface area contributed by atoms with Gasteiger partial charge in [0.25, 0.3) is 0 Å². The molecule has 0 saturated heterocycles. The number of benzene rings is 1. The molecule has 8 heteroatoms. The standard InChI is InChI=1S/C21H19NO6S/c1-13-17(10-16-6-5-15(28-16)3-2-8-29-11-20(23)24)22-21(27-13)14-4-7-18-19(9-14)26-12-25-18/h2,4-9H,3,10-12H2,1H3,(H,23,24). The second kappa shape index (κ2) is 8.48. The number of oxazole rings is 1. The number of carboxylic acids is 1. The Balaban J connectivity index is 1.40. The Labute approximate surface area is 171 Å². The van der Waals surface area contributed by atoms with Gasteiger partial charge in [0.15, 0.2) is 11.5 Å². The molecule has 1 aliphatic rings. The number of aryl methyl sites for hydroxylation is 1. The summed E-state index contributed by atoms with van der Waals surface area (Å²) >= 11 is 1.24. The fourth-order valence-electron chi connectivity index (χ4n) is 2.89. The maximum absolute atomic E-state index is 10.5. The molecule has 3 aromatic rings. The van der Waals surface area contributed by atoms with E-state index >= 15 is 0 Å². The van der Waals surface area contributed by atoms with Crippen LogP contribution in [0.4, 0.5) is 0 Å². The molecule has 7 nitrogen and oxygen atoms in total. The number of ether oxygens (including phenoxy) is 2. The van der Waals surface area contributed by atoms with Gasteiger partial charge in [0.05, 0.1) is 17.9 Å². The van der Waals surface area contributed by atoms with Gasteiger partial charge >= 0.3 is 5.97 Å². The zero-order valence-corrected chi connectivity index (χ0v) is 16.5. The highest BCUT2D eigenvalue weighted by Crippen LogP contribution is 2.36. The number of furan rings is 1. The van der Waals surface area contributed by atoms with Crippen molar-refractivity contribution in [3.63, 3.8) is 0 Å². The third-order valence-electron chi connectivity index (χ3n) is 4.29. The van der Waals surface area contributed by atoms with Crippen LogP contribution in [0.25, 0.3) is 11.5 Å². The van der Waals surface area contributed by atoms with Crippen LogP contribution >= 0.6 is 11.8 Å². The number of aromatic nitrogens is 1. The highest BCUT2D eigenvalue weighted by atomic mass is 32.2. The first-order chi connectivity index (χ1) is 14.1. The van der Waals surface area contributed by atoms with Crippen LogP contribution in [0.1, 0.15) is 23.0 Å². The summed E-state index contributed by atoms with van der Waals surface area (Å²) in [7, 11) is 0. The topological polar surface area (TPSA) is 94.9 Å². The van der Waals surface area contributed by atoms with Crippen molar-refractivity contribution in [3.05, 3.63) is 64.8 Å². The summed E-state index contributed by atoms with van der Waals surface area (Å²) in [6.45, 7) is 2.11. The molecule has 0 aliphatic carbocycles. The first kappa shape index (κ1) is 19.2. The Kier molecular flexibility index (Phi) is 5.62. The largest absolute Gasteiger partial charge is 0.481 e. The van der Waals surface area contributed by atoms with E-state index in [0.717, 1.165) is 34.3 Å². The van der Waals surface area contributed by atoms with E-state index in [0.29, 0.717) is 24.5 Å². The smallest absolute Gasteiger partial charge is 0.313 e. The lowest BCUT2D eigenvalue weighted by Crippen LogP contribution is -1.95. The van der Waals surface area contributed by atoms with Crippen molar-refractivity contribution in [2.24, 2.45) is 0 Å². The van der Waals surface area contributed by atoms with Crippen LogP contribution in [0.15, 0.2) is 50.7 Å². The van der Waals surface area contributed by atoms with Gasteiger partial charge in [-0.15, -0.1) is 11.8 Å². The highest BCUT2D eigenvalue weighted by molar-refractivity contribution is 8.02. The Morgan fingerprint density at radius 2 is 2.00 bits per heavy atom. The number of hydrogen-bond acceptors (Lipinski definition) is 7. The van der Waals surface area contributed by atoms with Crippen molar-refractivity contribution >= 4 is 17.7 Å². The van der Waals surface area contributed by atoms with Crippen molar-refractivity contribution in [2.45, 2.75) is 19.8 Å². The lowest BCUT2D eigenvalue weighted by atomic mass is 10.2. The number of rotatable bonds is 8. The lowest BCUT2D eigenvalue weighted by molar-refractivity contribution is -0.133. The van der Waals surface area contributed by atoms with Gasteiger partial charge in [-0.05, 0) is 42.7 Å². The molecule has 1 aromatic carbocycles. The van der Waals surface area contributed by atoms with E-state index in [-0.39, 0.29) is 12.5 Å². The van der Waals surface area contributed by atoms with Crippen molar-refractivity contribution in [1.29, 1.82) is 0 Å². The van der Waals surface area contributed by atoms with Crippen LogP contribution < -0.4 is 9.47 Å². The monoisotopic (exact) mass is 413 g/mol. The zero-order chi connectivity index (χ0) is 20.2. The molecule has 1 aliphatic heterocycles. The van der Waals surface area contributed by atoms with E-state index in [2.05, 4.69) is 4.98 Å². The number of aliphatic carboxylic acids is 1. The predicted molar refractivity (Wildman–Crippen MR) is 107 cm³/mol. The quantitative estimate of drug-likeness (QED) is 0.579. The average molecular weight is 413 g/mol. The molecule has 0 unspecified atom stereocenters. The molecule has 0 amide bonds. The van der Waals surface area contributed by atoms with Crippen molar-refractivity contribution in [1.82, 2.24) is 4.98 Å². The summed E-state index contributed by atoms with van der Waals surface area (Å²) in [4.78, 5) is 15.1. The number of nitrogens with zero attached hydrogens (tertiary/aromatic N) is 1. The van der Waals surface area contributed by atoms with E-state index < -0.39 is 5.97 Å². The summed E-state index contributed by atoms with van der Waals surface area (Å²) in [5, 5.41) is 10.4. The van der Waals surface area contributed by atoms with E-state index in [1.165, 1.54) is 11.8 Å². The van der Waals surface area contributed by atoms with Gasteiger partial charge in [0, 0.05) is 12.0 Å². The fraction of sp³-hybridized carbons (Fsp3) is 0.238. The third kappa shape index (κ3) is 4.65. The summed E-state index contributed by atoms with van der Waals surface area (Å²) in [6, 6.07) is 9.43. The van der Waals surface area contributed by atoms with Gasteiger partial charge in [0.1, 0.15) is 17.3 Å². The minimum absolute atomic E-state index is 0.0526. The van der Waals surface area contributed by atoms with Crippen LogP contribution in [0, 0.1) is 6.92 Å². The van der Waals surface area contributed by atoms with E-state index in [9.17, 15) is 4.79 Å². The highest BCUT2D eigenvalue weighted by Gasteiger charge is 2.18. The Morgan fingerprint density at radius 1 is 1.17 bits per heavy atom. The molecular formula is C21H19NO6S. The number of carboxylic acid groups (broad SMARTS) is 1. The molecule has 150 valence electrons. The molecule has 0 spiro atoms. The van der Waals surface area contributed by atoms with Crippen LogP contribution in [-0.4, -0.2) is 28.6 Å². The molecule has 0 fully saturated rings. The number of fused-ring (bicyclic) bond motifs is 1. The number of allylic oxidation sites excluding steroid dienone is 1. The Bertz CT molecular complexity index is 1050. The van der Waals surface area contributed by atoms with E-state index in [4.69, 9.17) is 23.4 Å². The molecule has 4 rings (SSSR count). The number of carbonyl (C=O) groups is 1. The van der Waals surface area contributed by atoms with Crippen molar-refractivity contribution in [2.75, 3.05) is 12.5 Å². The minimum atomic E-state index is -0.831. The number of thioether (sulfide) groups is 1. The first-order valence-corrected chi connectivity index (χ1v) is 10.1. The van der Waals surface area contributed by atoms with Gasteiger partial charge in [-0.2, -0.15) is 0 Å². The maximum atomic E-state index is 10.5. The summed E-state index contributed by atoms with van der Waals surface area (Å²) in [6.07, 6.45) is 3.01. The third-order valence-corrected chi connectivity index (χ3v) is 5.09. The zero-order valence-electron chi connectivity index (χ0n) is 15.7. The van der Waals surface area contributed by atoms with Gasteiger partial charge in [0.2, 0.25) is 12.7 Å². The minimum Gasteiger partial charge on any atom is -0.481 e. The molecular weight excluding hydrogens is 394 g/mol. The van der Waals surface area contributed by atoms with Gasteiger partial charge in [-0.25, -0.2) is 4.98 Å². The molecule has 2 aromatic heterocycles. The molecule has 29 heavy (non-hydrogen) atoms. The summed E-state index contributed by atoms with van der Waals surface area (Å²) in [5.74, 6) is 3.49. The number of hydrogen-bond donors (Lipinski definition) is 1. The maximum Gasteiger partial charge on any atom is 0.313 e. The van der Waals surface area contributed by atoms with Gasteiger partial charge in [-0.1, -0.05) is 6.08 Å². The predicted octanol–water partition coefficient (Wildman–Crippen LogP) is 4.44. The SMILES string of the molecule is Cc1oc(-c2ccc3c(c2)OCO3)nc1Cc1ccc(CC=CSCC(=O)O)o1. The molecule has 0 bridgehead atoms. The normalized spacial score (nSPS) is 12.7. The summed E-state index contributed by atoms with van der Waals surface area (Å²) in [5.41, 5.74) is 1.64. The van der Waals surface area contributed by atoms with Crippen LogP contribution in [0.5, 0.6) is 11.5 Å². The molecule has 3 heterocycles. The summed E-state index contributed by atoms with van der Waals surface area (Å²) < 4.78 is 22.4. The Hall–Kier alpha value is -3.13.